The summed E-state index contributed by atoms with van der Waals surface area (Å²) in [6.45, 7) is -2.59. The number of aliphatic hydroxyl groups excluding tert-OH is 11. The van der Waals surface area contributed by atoms with Gasteiger partial charge in [0.1, 0.15) is 79.9 Å². The zero-order valence-electron chi connectivity index (χ0n) is 21.7. The minimum Gasteiger partial charge on any atom is -0.481 e. The molecule has 3 saturated heterocycles. The minimum atomic E-state index is -2.07. The van der Waals surface area contributed by atoms with E-state index in [4.69, 9.17) is 33.5 Å². The molecule has 244 valence electrons. The predicted molar refractivity (Wildman–Crippen MR) is 123 cm³/mol. The summed E-state index contributed by atoms with van der Waals surface area (Å²) in [5.41, 5.74) is 0. The van der Waals surface area contributed by atoms with Gasteiger partial charge in [-0.15, -0.1) is 0 Å². The first-order chi connectivity index (χ1) is 19.7. The summed E-state index contributed by atoms with van der Waals surface area (Å²) in [7, 11) is 0. The van der Waals surface area contributed by atoms with E-state index in [1.807, 2.05) is 0 Å². The first-order valence-electron chi connectivity index (χ1n) is 12.7. The molecule has 0 aliphatic carbocycles. The number of esters is 1. The van der Waals surface area contributed by atoms with Gasteiger partial charge < -0.3 is 89.7 Å². The number of hydrogen-bond donors (Lipinski definition) is 12. The van der Waals surface area contributed by atoms with Crippen LogP contribution in [0, 0.1) is 0 Å². The number of carbonyl (C=O) groups is 2. The van der Waals surface area contributed by atoms with E-state index in [0.717, 1.165) is 0 Å². The molecule has 0 saturated carbocycles. The summed E-state index contributed by atoms with van der Waals surface area (Å²) in [6, 6.07) is 0. The fraction of sp³-hybridized carbons (Fsp3) is 0.909. The first-order valence-corrected chi connectivity index (χ1v) is 12.7. The van der Waals surface area contributed by atoms with E-state index >= 15 is 0 Å². The zero-order valence-corrected chi connectivity index (χ0v) is 21.7. The second kappa shape index (κ2) is 14.9. The van der Waals surface area contributed by atoms with Gasteiger partial charge in [-0.2, -0.15) is 0 Å². The number of aliphatic hydroxyl groups is 11. The molecule has 42 heavy (non-hydrogen) atoms. The Morgan fingerprint density at radius 1 is 0.643 bits per heavy atom. The third-order valence-electron chi connectivity index (χ3n) is 6.94. The molecule has 3 aliphatic rings. The van der Waals surface area contributed by atoms with E-state index in [9.17, 15) is 65.8 Å². The molecule has 0 aromatic carbocycles. The summed E-state index contributed by atoms with van der Waals surface area (Å²) >= 11 is 0. The van der Waals surface area contributed by atoms with E-state index < -0.39 is 136 Å². The average molecular weight is 621 g/mol. The molecule has 0 aromatic rings. The van der Waals surface area contributed by atoms with Crippen molar-refractivity contribution in [1.29, 1.82) is 0 Å². The van der Waals surface area contributed by atoms with Crippen molar-refractivity contribution in [2.24, 2.45) is 0 Å². The highest BCUT2D eigenvalue weighted by atomic mass is 16.8. The van der Waals surface area contributed by atoms with Crippen molar-refractivity contribution in [2.45, 2.75) is 105 Å². The molecule has 0 amide bonds. The van der Waals surface area contributed by atoms with Crippen molar-refractivity contribution >= 4 is 11.9 Å². The molecule has 20 nitrogen and oxygen atoms in total. The van der Waals surface area contributed by atoms with Crippen molar-refractivity contribution < 1.29 is 99.3 Å². The van der Waals surface area contributed by atoms with E-state index in [1.165, 1.54) is 0 Å². The first kappa shape index (κ1) is 34.8. The van der Waals surface area contributed by atoms with Crippen LogP contribution in [0.1, 0.15) is 6.42 Å². The molecule has 0 spiro atoms. The van der Waals surface area contributed by atoms with Gasteiger partial charge >= 0.3 is 11.9 Å². The van der Waals surface area contributed by atoms with Gasteiger partial charge in [0.05, 0.1) is 19.6 Å². The molecular weight excluding hydrogens is 584 g/mol. The van der Waals surface area contributed by atoms with Crippen LogP contribution in [0.2, 0.25) is 0 Å². The van der Waals surface area contributed by atoms with Crippen LogP contribution in [-0.4, -0.2) is 191 Å². The molecule has 3 rings (SSSR count). The number of ether oxygens (including phenoxy) is 6. The highest BCUT2D eigenvalue weighted by molar-refractivity contribution is 5.80. The fourth-order valence-electron chi connectivity index (χ4n) is 4.55. The Morgan fingerprint density at radius 3 is 1.69 bits per heavy atom. The minimum absolute atomic E-state index is 0.794. The van der Waals surface area contributed by atoms with Crippen LogP contribution in [0.5, 0.6) is 0 Å². The van der Waals surface area contributed by atoms with Crippen LogP contribution in [0.25, 0.3) is 0 Å². The number of aliphatic carboxylic acids is 1. The predicted octanol–water partition coefficient (Wildman–Crippen LogP) is -8.19. The van der Waals surface area contributed by atoms with E-state index in [0.29, 0.717) is 0 Å². The summed E-state index contributed by atoms with van der Waals surface area (Å²) in [4.78, 5) is 22.6. The fourth-order valence-corrected chi connectivity index (χ4v) is 4.55. The van der Waals surface area contributed by atoms with Crippen LogP contribution in [0.4, 0.5) is 0 Å². The van der Waals surface area contributed by atoms with Crippen LogP contribution in [0.15, 0.2) is 0 Å². The van der Waals surface area contributed by atoms with E-state index in [-0.39, 0.29) is 0 Å². The smallest absolute Gasteiger partial charge is 0.335 e. The Bertz CT molecular complexity index is 888. The van der Waals surface area contributed by atoms with Gasteiger partial charge in [-0.25, -0.2) is 4.79 Å². The van der Waals surface area contributed by atoms with Crippen molar-refractivity contribution in [2.75, 3.05) is 19.8 Å². The maximum Gasteiger partial charge on any atom is 0.335 e. The van der Waals surface area contributed by atoms with Gasteiger partial charge in [0.15, 0.2) is 25.0 Å². The van der Waals surface area contributed by atoms with Gasteiger partial charge in [0.2, 0.25) is 0 Å². The number of carboxylic acid groups (broad SMARTS) is 1. The number of carbonyl (C=O) groups excluding carboxylic acids is 1. The Hall–Kier alpha value is -1.70. The molecule has 16 atom stereocenters. The van der Waals surface area contributed by atoms with Crippen LogP contribution in [-0.2, 0) is 38.0 Å². The van der Waals surface area contributed by atoms with Crippen LogP contribution < -0.4 is 0 Å². The van der Waals surface area contributed by atoms with Crippen LogP contribution >= 0.6 is 0 Å². The maximum atomic E-state index is 11.9. The SMILES string of the molecule is O=C(O)CC(O)C(=O)OC[C@H]1O[C@@H](O)[C@H](O)[C@@H](O)[C@@H]1O[C@H]1O[C@H](CO)[C@@H](O[C@H]2O[C@H](CO)[C@@H](O)[C@H](O)[C@H]2O)[C@H](O)[C@H]1O. The second-order valence-corrected chi connectivity index (χ2v) is 9.90. The largest absolute Gasteiger partial charge is 0.481 e. The van der Waals surface area contributed by atoms with Gasteiger partial charge in [0, 0.05) is 0 Å². The number of hydrogen-bond acceptors (Lipinski definition) is 19. The Balaban J connectivity index is 1.72. The van der Waals surface area contributed by atoms with E-state index in [1.54, 1.807) is 0 Å². The number of carboxylic acids is 1. The molecule has 1 unspecified atom stereocenters. The lowest BCUT2D eigenvalue weighted by atomic mass is 9.96. The Kier molecular flexibility index (Phi) is 12.3. The molecule has 0 aromatic heterocycles. The van der Waals surface area contributed by atoms with E-state index in [2.05, 4.69) is 0 Å². The third kappa shape index (κ3) is 7.68. The summed E-state index contributed by atoms with van der Waals surface area (Å²) in [6.07, 6.45) is -30.3. The standard InChI is InChI=1S/C22H36O20/c23-2-6-10(28)11(29)15(33)21(39-6)41-17-7(3-24)40-22(16(34)13(17)31)42-18-8(38-20(36)14(32)12(18)30)4-37-19(35)5(25)1-9(26)27/h5-8,10-18,20-25,28-34,36H,1-4H2,(H,26,27)/t5?,6-,7-,8-,10-,11+,12-,13-,14-,15-,16-,17-,18-,20-,21-,22-/m1/s1. The van der Waals surface area contributed by atoms with Crippen molar-refractivity contribution in [3.8, 4) is 0 Å². The summed E-state index contributed by atoms with van der Waals surface area (Å²) < 4.78 is 31.4. The van der Waals surface area contributed by atoms with Gasteiger partial charge in [-0.05, 0) is 0 Å². The van der Waals surface area contributed by atoms with Crippen molar-refractivity contribution in [3.05, 3.63) is 0 Å². The molecule has 3 fully saturated rings. The lowest BCUT2D eigenvalue weighted by molar-refractivity contribution is -0.377. The quantitative estimate of drug-likeness (QED) is 0.0954. The van der Waals surface area contributed by atoms with Crippen molar-refractivity contribution in [3.63, 3.8) is 0 Å². The summed E-state index contributed by atoms with van der Waals surface area (Å²) in [5, 5.41) is 119. The maximum absolute atomic E-state index is 11.9. The topological polar surface area (TPSA) is 332 Å². The lowest BCUT2D eigenvalue weighted by Crippen LogP contribution is -2.66. The molecule has 0 radical (unpaired) electrons. The molecule has 3 aliphatic heterocycles. The molecule has 20 heteroatoms. The Labute approximate surface area is 236 Å². The van der Waals surface area contributed by atoms with Gasteiger partial charge in [0.25, 0.3) is 0 Å². The molecule has 0 bridgehead atoms. The molecular formula is C22H36O20. The second-order valence-electron chi connectivity index (χ2n) is 9.90. The monoisotopic (exact) mass is 620 g/mol. The molecule has 12 N–H and O–H groups in total. The van der Waals surface area contributed by atoms with Gasteiger partial charge in [-0.3, -0.25) is 4.79 Å². The Morgan fingerprint density at radius 2 is 1.14 bits per heavy atom. The molecule has 3 heterocycles. The normalized spacial score (nSPS) is 45.3. The lowest BCUT2D eigenvalue weighted by Gasteiger charge is -2.47. The highest BCUT2D eigenvalue weighted by Gasteiger charge is 2.53. The summed E-state index contributed by atoms with van der Waals surface area (Å²) in [5.74, 6) is -2.93. The van der Waals surface area contributed by atoms with Crippen LogP contribution in [0.3, 0.4) is 0 Å². The highest BCUT2D eigenvalue weighted by Crippen LogP contribution is 2.32. The third-order valence-corrected chi connectivity index (χ3v) is 6.94. The number of rotatable bonds is 11. The van der Waals surface area contributed by atoms with Gasteiger partial charge in [-0.1, -0.05) is 0 Å². The average Bonchev–Trinajstić information content (AvgIpc) is 2.95. The zero-order chi connectivity index (χ0) is 31.5. The van der Waals surface area contributed by atoms with Crippen molar-refractivity contribution in [1.82, 2.24) is 0 Å².